The lowest BCUT2D eigenvalue weighted by Gasteiger charge is -2.02. The minimum Gasteiger partial charge on any atom is -0.332 e. The minimum absolute atomic E-state index is 0.362. The van der Waals surface area contributed by atoms with E-state index >= 15 is 0 Å². The normalized spacial score (nSPS) is 9.82. The highest BCUT2D eigenvalue weighted by atomic mass is 35.5. The Kier molecular flexibility index (Phi) is 3.19. The first-order valence-electron chi connectivity index (χ1n) is 2.70. The van der Waals surface area contributed by atoms with Gasteiger partial charge in [0.2, 0.25) is 0 Å². The predicted octanol–water partition coefficient (Wildman–Crippen LogP) is 3.90. The third kappa shape index (κ3) is 2.09. The van der Waals surface area contributed by atoms with Crippen LogP contribution >= 0.6 is 47.6 Å². The van der Waals surface area contributed by atoms with E-state index in [9.17, 15) is 0 Å². The molecule has 0 saturated carbocycles. The van der Waals surface area contributed by atoms with Gasteiger partial charge >= 0.3 is 0 Å². The second-order valence-corrected chi connectivity index (χ2v) is 3.28. The van der Waals surface area contributed by atoms with Gasteiger partial charge in [0, 0.05) is 5.69 Å². The number of nitrogens with one attached hydrogen (secondary N) is 1. The lowest BCUT2D eigenvalue weighted by molar-refractivity contribution is 1.68. The molecule has 0 aliphatic carbocycles. The first-order valence-corrected chi connectivity index (χ1v) is 4.28. The topological polar surface area (TPSA) is 12.0 Å². The molecule has 1 aromatic carbocycles. The van der Waals surface area contributed by atoms with Crippen molar-refractivity contribution < 1.29 is 0 Å². The molecule has 1 rings (SSSR count). The van der Waals surface area contributed by atoms with Crippen LogP contribution in [0, 0.1) is 0 Å². The minimum atomic E-state index is 0.362. The van der Waals surface area contributed by atoms with Crippen LogP contribution < -0.4 is 4.72 Å². The number of hydrogen-bond acceptors (Lipinski definition) is 2. The Labute approximate surface area is 85.2 Å². The van der Waals surface area contributed by atoms with Crippen molar-refractivity contribution in [3.8, 4) is 0 Å². The maximum Gasteiger partial charge on any atom is 0.0780 e. The van der Waals surface area contributed by atoms with Crippen LogP contribution in [-0.2, 0) is 0 Å². The molecule has 1 aromatic rings. The average molecular weight is 229 g/mol. The Morgan fingerprint density at radius 3 is 1.91 bits per heavy atom. The maximum absolute atomic E-state index is 5.71. The summed E-state index contributed by atoms with van der Waals surface area (Å²) in [6, 6.07) is 3.28. The standard InChI is InChI=1S/C6H4Cl3NS/c7-4-1-3(10-11)2-5(8)6(4)9/h1-2,10-11H. The van der Waals surface area contributed by atoms with Gasteiger partial charge in [-0.2, -0.15) is 0 Å². The summed E-state index contributed by atoms with van der Waals surface area (Å²) in [6.45, 7) is 0. The molecule has 0 unspecified atom stereocenters. The summed E-state index contributed by atoms with van der Waals surface area (Å²) in [4.78, 5) is 0. The fourth-order valence-electron chi connectivity index (χ4n) is 0.620. The molecule has 0 radical (unpaired) electrons. The van der Waals surface area contributed by atoms with E-state index < -0.39 is 0 Å². The molecule has 0 amide bonds. The van der Waals surface area contributed by atoms with Gasteiger partial charge < -0.3 is 4.72 Å². The molecule has 0 atom stereocenters. The molecule has 60 valence electrons. The van der Waals surface area contributed by atoms with Crippen molar-refractivity contribution in [2.24, 2.45) is 0 Å². The molecule has 1 nitrogen and oxygen atoms in total. The number of hydrogen-bond donors (Lipinski definition) is 2. The van der Waals surface area contributed by atoms with Crippen LogP contribution in [0.25, 0.3) is 0 Å². The van der Waals surface area contributed by atoms with Gasteiger partial charge in [-0.05, 0) is 12.1 Å². The number of halogens is 3. The number of rotatable bonds is 1. The van der Waals surface area contributed by atoms with Gasteiger partial charge in [0.05, 0.1) is 15.1 Å². The van der Waals surface area contributed by atoms with Crippen molar-refractivity contribution in [2.45, 2.75) is 0 Å². The predicted molar refractivity (Wildman–Crippen MR) is 54.1 cm³/mol. The molecule has 0 aliphatic heterocycles. The van der Waals surface area contributed by atoms with Crippen LogP contribution in [0.15, 0.2) is 12.1 Å². The van der Waals surface area contributed by atoms with Gasteiger partial charge in [-0.25, -0.2) is 0 Å². The second kappa shape index (κ2) is 3.76. The smallest absolute Gasteiger partial charge is 0.0780 e. The Bertz CT molecular complexity index is 254. The van der Waals surface area contributed by atoms with Crippen molar-refractivity contribution in [2.75, 3.05) is 4.72 Å². The zero-order valence-electron chi connectivity index (χ0n) is 5.24. The summed E-state index contributed by atoms with van der Waals surface area (Å²) in [7, 11) is 0. The Morgan fingerprint density at radius 1 is 1.09 bits per heavy atom. The SMILES string of the molecule is SNc1cc(Cl)c(Cl)c(Cl)c1. The fourth-order valence-corrected chi connectivity index (χ4v) is 1.35. The van der Waals surface area contributed by atoms with E-state index in [-0.39, 0.29) is 0 Å². The molecule has 0 aromatic heterocycles. The lowest BCUT2D eigenvalue weighted by Crippen LogP contribution is -1.81. The molecule has 5 heteroatoms. The first-order chi connectivity index (χ1) is 5.15. The molecule has 11 heavy (non-hydrogen) atoms. The summed E-state index contributed by atoms with van der Waals surface area (Å²) in [6.07, 6.45) is 0. The fraction of sp³-hybridized carbons (Fsp3) is 0. The molecular formula is C6H4Cl3NS. The van der Waals surface area contributed by atoms with Gasteiger partial charge in [-0.3, -0.25) is 0 Å². The Morgan fingerprint density at radius 2 is 1.55 bits per heavy atom. The van der Waals surface area contributed by atoms with Crippen LogP contribution in [0.5, 0.6) is 0 Å². The maximum atomic E-state index is 5.71. The highest BCUT2D eigenvalue weighted by molar-refractivity contribution is 7.81. The summed E-state index contributed by atoms with van der Waals surface area (Å²) in [5.74, 6) is 0. The van der Waals surface area contributed by atoms with Crippen LogP contribution in [0.4, 0.5) is 5.69 Å². The molecule has 0 aliphatic rings. The highest BCUT2D eigenvalue weighted by Crippen LogP contribution is 2.33. The van der Waals surface area contributed by atoms with Crippen molar-refractivity contribution in [3.05, 3.63) is 27.2 Å². The van der Waals surface area contributed by atoms with Gasteiger partial charge in [0.25, 0.3) is 0 Å². The second-order valence-electron chi connectivity index (χ2n) is 1.87. The van der Waals surface area contributed by atoms with Crippen LogP contribution in [0.1, 0.15) is 0 Å². The summed E-state index contributed by atoms with van der Waals surface area (Å²) in [5, 5.41) is 1.19. The zero-order chi connectivity index (χ0) is 8.43. The molecule has 0 heterocycles. The molecule has 0 saturated heterocycles. The number of benzene rings is 1. The van der Waals surface area contributed by atoms with Gasteiger partial charge in [-0.1, -0.05) is 47.6 Å². The van der Waals surface area contributed by atoms with Crippen LogP contribution in [0.3, 0.4) is 0 Å². The summed E-state index contributed by atoms with van der Waals surface area (Å²) >= 11 is 20.9. The van der Waals surface area contributed by atoms with Gasteiger partial charge in [0.15, 0.2) is 0 Å². The molecule has 0 spiro atoms. The van der Waals surface area contributed by atoms with E-state index in [1.807, 2.05) is 0 Å². The van der Waals surface area contributed by atoms with Crippen molar-refractivity contribution >= 4 is 53.3 Å². The zero-order valence-corrected chi connectivity index (χ0v) is 8.40. The number of anilines is 1. The van der Waals surface area contributed by atoms with E-state index in [1.165, 1.54) is 0 Å². The van der Waals surface area contributed by atoms with Crippen molar-refractivity contribution in [1.29, 1.82) is 0 Å². The largest absolute Gasteiger partial charge is 0.332 e. The first kappa shape index (κ1) is 9.33. The lowest BCUT2D eigenvalue weighted by atomic mass is 10.3. The van der Waals surface area contributed by atoms with E-state index in [1.54, 1.807) is 12.1 Å². The van der Waals surface area contributed by atoms with E-state index in [0.29, 0.717) is 20.8 Å². The van der Waals surface area contributed by atoms with E-state index in [0.717, 1.165) is 0 Å². The Hall–Kier alpha value is 0.240. The van der Waals surface area contributed by atoms with Crippen molar-refractivity contribution in [3.63, 3.8) is 0 Å². The summed E-state index contributed by atoms with van der Waals surface area (Å²) in [5.41, 5.74) is 0.715. The Balaban J connectivity index is 3.21. The summed E-state index contributed by atoms with van der Waals surface area (Å²) < 4.78 is 2.60. The third-order valence-electron chi connectivity index (χ3n) is 1.11. The third-order valence-corrected chi connectivity index (χ3v) is 2.57. The molecular weight excluding hydrogens is 224 g/mol. The average Bonchev–Trinajstić information content (AvgIpc) is 1.99. The van der Waals surface area contributed by atoms with Gasteiger partial charge in [0.1, 0.15) is 0 Å². The van der Waals surface area contributed by atoms with Gasteiger partial charge in [-0.15, -0.1) is 0 Å². The van der Waals surface area contributed by atoms with Crippen molar-refractivity contribution in [1.82, 2.24) is 0 Å². The van der Waals surface area contributed by atoms with Crippen LogP contribution in [0.2, 0.25) is 15.1 Å². The quantitative estimate of drug-likeness (QED) is 0.549. The van der Waals surface area contributed by atoms with E-state index in [2.05, 4.69) is 17.5 Å². The van der Waals surface area contributed by atoms with E-state index in [4.69, 9.17) is 34.8 Å². The molecule has 1 N–H and O–H groups in total. The number of thiol groups is 1. The highest BCUT2D eigenvalue weighted by Gasteiger charge is 2.04. The van der Waals surface area contributed by atoms with Crippen LogP contribution in [-0.4, -0.2) is 0 Å². The molecule has 0 fully saturated rings. The molecule has 0 bridgehead atoms. The monoisotopic (exact) mass is 227 g/mol.